The fourth-order valence-corrected chi connectivity index (χ4v) is 1.40. The number of aromatic amines is 1. The van der Waals surface area contributed by atoms with E-state index < -0.39 is 0 Å². The maximum atomic E-state index is 8.41. The summed E-state index contributed by atoms with van der Waals surface area (Å²) in [5.41, 5.74) is 2.11. The van der Waals surface area contributed by atoms with Crippen LogP contribution in [0.15, 0.2) is 29.4 Å². The Morgan fingerprint density at radius 1 is 1.46 bits per heavy atom. The molecule has 0 amide bonds. The van der Waals surface area contributed by atoms with Gasteiger partial charge in [0, 0.05) is 0 Å². The zero-order valence-corrected chi connectivity index (χ0v) is 7.23. The van der Waals surface area contributed by atoms with Crippen LogP contribution >= 0.6 is 0 Å². The van der Waals surface area contributed by atoms with E-state index in [4.69, 9.17) is 5.21 Å². The average molecular weight is 176 g/mol. The van der Waals surface area contributed by atoms with Gasteiger partial charge in [-0.25, -0.2) is 9.55 Å². The number of nitrogens with one attached hydrogen (secondary N) is 1. The van der Waals surface area contributed by atoms with Gasteiger partial charge >= 0.3 is 5.82 Å². The van der Waals surface area contributed by atoms with Crippen molar-refractivity contribution in [1.82, 2.24) is 4.98 Å². The molecule has 0 aliphatic heterocycles. The molecular formula is C9H10N3O+. The Morgan fingerprint density at radius 2 is 2.23 bits per heavy atom. The van der Waals surface area contributed by atoms with Crippen LogP contribution in [0.25, 0.3) is 11.0 Å². The summed E-state index contributed by atoms with van der Waals surface area (Å²) < 4.78 is 1.93. The lowest BCUT2D eigenvalue weighted by atomic mass is 10.3. The van der Waals surface area contributed by atoms with Gasteiger partial charge in [0.25, 0.3) is 0 Å². The first-order chi connectivity index (χ1) is 6.33. The predicted octanol–water partition coefficient (Wildman–Crippen LogP) is 0.800. The van der Waals surface area contributed by atoms with Crippen molar-refractivity contribution in [3.05, 3.63) is 30.1 Å². The van der Waals surface area contributed by atoms with E-state index in [1.807, 2.05) is 35.9 Å². The van der Waals surface area contributed by atoms with Gasteiger partial charge in [-0.05, 0) is 12.1 Å². The van der Waals surface area contributed by atoms with E-state index in [-0.39, 0.29) is 0 Å². The molecule has 0 saturated carbocycles. The molecule has 0 aliphatic rings. The van der Waals surface area contributed by atoms with Gasteiger partial charge in [0.05, 0.1) is 7.05 Å². The first-order valence-electron chi connectivity index (χ1n) is 3.97. The normalized spacial score (nSPS) is 11.5. The third kappa shape index (κ3) is 1.16. The molecule has 2 rings (SSSR count). The highest BCUT2D eigenvalue weighted by atomic mass is 16.4. The van der Waals surface area contributed by atoms with Crippen molar-refractivity contribution in [3.63, 3.8) is 0 Å². The van der Waals surface area contributed by atoms with Crippen LogP contribution in [-0.4, -0.2) is 16.4 Å². The van der Waals surface area contributed by atoms with Gasteiger partial charge in [0.1, 0.15) is 0 Å². The number of oxime groups is 1. The lowest BCUT2D eigenvalue weighted by Gasteiger charge is -1.85. The summed E-state index contributed by atoms with van der Waals surface area (Å²) in [6, 6.07) is 7.90. The van der Waals surface area contributed by atoms with Crippen molar-refractivity contribution in [1.29, 1.82) is 0 Å². The van der Waals surface area contributed by atoms with Crippen LogP contribution in [0.3, 0.4) is 0 Å². The molecule has 0 aliphatic carbocycles. The van der Waals surface area contributed by atoms with Crippen molar-refractivity contribution in [2.75, 3.05) is 0 Å². The summed E-state index contributed by atoms with van der Waals surface area (Å²) in [6.07, 6.45) is 1.38. The topological polar surface area (TPSA) is 52.3 Å². The highest BCUT2D eigenvalue weighted by molar-refractivity contribution is 5.79. The van der Waals surface area contributed by atoms with Gasteiger partial charge in [-0.3, -0.25) is 0 Å². The number of aromatic nitrogens is 2. The number of benzene rings is 1. The smallest absolute Gasteiger partial charge is 0.302 e. The third-order valence-corrected chi connectivity index (χ3v) is 2.07. The summed E-state index contributed by atoms with van der Waals surface area (Å²) in [5.74, 6) is 0.767. The molecule has 1 aromatic carbocycles. The summed E-state index contributed by atoms with van der Waals surface area (Å²) >= 11 is 0. The van der Waals surface area contributed by atoms with Crippen LogP contribution in [0.4, 0.5) is 0 Å². The molecule has 0 saturated heterocycles. The van der Waals surface area contributed by atoms with Crippen LogP contribution in [-0.2, 0) is 7.05 Å². The van der Waals surface area contributed by atoms with Crippen LogP contribution < -0.4 is 4.57 Å². The van der Waals surface area contributed by atoms with Crippen LogP contribution in [0.1, 0.15) is 5.82 Å². The minimum atomic E-state index is 0.767. The Hall–Kier alpha value is -1.84. The molecule has 0 atom stereocenters. The molecule has 13 heavy (non-hydrogen) atoms. The number of imidazole rings is 1. The monoisotopic (exact) mass is 176 g/mol. The van der Waals surface area contributed by atoms with E-state index in [0.29, 0.717) is 0 Å². The number of hydrogen-bond acceptors (Lipinski definition) is 2. The molecule has 0 spiro atoms. The zero-order valence-electron chi connectivity index (χ0n) is 7.23. The largest absolute Gasteiger partial charge is 0.411 e. The molecule has 0 unspecified atom stereocenters. The van der Waals surface area contributed by atoms with Crippen molar-refractivity contribution < 1.29 is 9.77 Å². The average Bonchev–Trinajstić information content (AvgIpc) is 2.46. The van der Waals surface area contributed by atoms with Crippen molar-refractivity contribution >= 4 is 17.2 Å². The fraction of sp³-hybridized carbons (Fsp3) is 0.111. The van der Waals surface area contributed by atoms with Gasteiger partial charge in [-0.2, -0.15) is 0 Å². The van der Waals surface area contributed by atoms with Crippen LogP contribution in [0.2, 0.25) is 0 Å². The van der Waals surface area contributed by atoms with Crippen molar-refractivity contribution in [2.24, 2.45) is 12.2 Å². The Morgan fingerprint density at radius 3 is 2.92 bits per heavy atom. The Labute approximate surface area is 75.1 Å². The molecule has 1 heterocycles. The first kappa shape index (κ1) is 7.79. The van der Waals surface area contributed by atoms with Crippen molar-refractivity contribution in [2.45, 2.75) is 0 Å². The van der Waals surface area contributed by atoms with Crippen LogP contribution in [0, 0.1) is 0 Å². The Kier molecular flexibility index (Phi) is 1.73. The lowest BCUT2D eigenvalue weighted by Crippen LogP contribution is -2.31. The molecular weight excluding hydrogens is 166 g/mol. The molecule has 66 valence electrons. The van der Waals surface area contributed by atoms with Gasteiger partial charge < -0.3 is 5.21 Å². The fourth-order valence-electron chi connectivity index (χ4n) is 1.40. The number of rotatable bonds is 1. The summed E-state index contributed by atoms with van der Waals surface area (Å²) in [5, 5.41) is 11.4. The molecule has 4 nitrogen and oxygen atoms in total. The second kappa shape index (κ2) is 2.90. The highest BCUT2D eigenvalue weighted by Gasteiger charge is 2.11. The minimum Gasteiger partial charge on any atom is -0.411 e. The van der Waals surface area contributed by atoms with Crippen LogP contribution in [0.5, 0.6) is 0 Å². The molecule has 0 fully saturated rings. The predicted molar refractivity (Wildman–Crippen MR) is 48.9 cm³/mol. The standard InChI is InChI=1S/C9H9N3O/c1-12-8-5-3-2-4-7(8)11-9(12)6-10-13/h2-6H,1H3,(H,11,13)/p+1. The van der Waals surface area contributed by atoms with E-state index in [1.54, 1.807) is 0 Å². The number of fused-ring (bicyclic) bond motifs is 1. The SMILES string of the molecule is C[n+]1c(/C=N/O)[nH]c2ccccc21. The van der Waals surface area contributed by atoms with E-state index in [2.05, 4.69) is 10.1 Å². The summed E-state index contributed by atoms with van der Waals surface area (Å²) in [4.78, 5) is 3.12. The summed E-state index contributed by atoms with van der Waals surface area (Å²) in [6.45, 7) is 0. The second-order valence-electron chi connectivity index (χ2n) is 2.83. The van der Waals surface area contributed by atoms with Gasteiger partial charge in [0.2, 0.25) is 0 Å². The Bertz CT molecular complexity index is 459. The van der Waals surface area contributed by atoms with E-state index in [9.17, 15) is 0 Å². The third-order valence-electron chi connectivity index (χ3n) is 2.07. The Balaban J connectivity index is 2.73. The van der Waals surface area contributed by atoms with Crippen molar-refractivity contribution in [3.8, 4) is 0 Å². The maximum Gasteiger partial charge on any atom is 0.302 e. The lowest BCUT2D eigenvalue weighted by molar-refractivity contribution is -0.645. The molecule has 0 radical (unpaired) electrons. The van der Waals surface area contributed by atoms with Gasteiger partial charge in [-0.1, -0.05) is 17.3 Å². The van der Waals surface area contributed by atoms with E-state index in [0.717, 1.165) is 16.9 Å². The first-order valence-corrected chi connectivity index (χ1v) is 3.97. The van der Waals surface area contributed by atoms with E-state index >= 15 is 0 Å². The maximum absolute atomic E-state index is 8.41. The molecule has 1 aromatic heterocycles. The minimum absolute atomic E-state index is 0.767. The van der Waals surface area contributed by atoms with E-state index in [1.165, 1.54) is 6.21 Å². The molecule has 4 heteroatoms. The number of H-pyrrole nitrogens is 1. The summed E-state index contributed by atoms with van der Waals surface area (Å²) in [7, 11) is 1.91. The van der Waals surface area contributed by atoms with Gasteiger partial charge in [-0.15, -0.1) is 0 Å². The quantitative estimate of drug-likeness (QED) is 0.287. The number of hydrogen-bond donors (Lipinski definition) is 2. The number of aryl methyl sites for hydroxylation is 1. The van der Waals surface area contributed by atoms with Gasteiger partial charge in [0.15, 0.2) is 17.2 Å². The zero-order chi connectivity index (χ0) is 9.26. The molecule has 2 aromatic rings. The second-order valence-corrected chi connectivity index (χ2v) is 2.83. The number of para-hydroxylation sites is 2. The molecule has 0 bridgehead atoms. The molecule has 2 N–H and O–H groups in total. The number of nitrogens with zero attached hydrogens (tertiary/aromatic N) is 2. The highest BCUT2D eigenvalue weighted by Crippen LogP contribution is 2.06.